The molecule has 0 nitrogen and oxygen atoms in total. The summed E-state index contributed by atoms with van der Waals surface area (Å²) in [5, 5.41) is 0. The van der Waals surface area contributed by atoms with Crippen LogP contribution < -0.4 is 0 Å². The van der Waals surface area contributed by atoms with Crippen molar-refractivity contribution >= 4 is 0 Å². The standard InChI is InChI=1S/C29H48/c1-7-22(20(2)3)12-11-21(4)25-15-16-26-24-14-13-23-10-8-9-18-28(23,5)27(24)17-19-29(25,26)6/h11-13,20-22,24-27H,7-10,14-19H2,1-6H3/b12-11+/t21-,22?,24?,25?,26?,27?,28?,29?/m1/s1. The Balaban J connectivity index is 1.52. The van der Waals surface area contributed by atoms with Crippen LogP contribution in [0.5, 0.6) is 0 Å². The van der Waals surface area contributed by atoms with Crippen molar-refractivity contribution < 1.29 is 0 Å². The van der Waals surface area contributed by atoms with Gasteiger partial charge in [0.05, 0.1) is 0 Å². The molecule has 3 fully saturated rings. The molecule has 4 rings (SSSR count). The van der Waals surface area contributed by atoms with Gasteiger partial charge in [0.2, 0.25) is 0 Å². The second-order valence-electron chi connectivity index (χ2n) is 12.3. The molecule has 0 bridgehead atoms. The fourth-order valence-corrected chi connectivity index (χ4v) is 8.88. The van der Waals surface area contributed by atoms with Crippen molar-refractivity contribution in [3.63, 3.8) is 0 Å². The summed E-state index contributed by atoms with van der Waals surface area (Å²) >= 11 is 0. The van der Waals surface area contributed by atoms with Gasteiger partial charge < -0.3 is 0 Å². The van der Waals surface area contributed by atoms with Crippen LogP contribution in [0.15, 0.2) is 23.8 Å². The van der Waals surface area contributed by atoms with Gasteiger partial charge in [-0.3, -0.25) is 0 Å². The lowest BCUT2D eigenvalue weighted by molar-refractivity contribution is -0.0462. The zero-order valence-electron chi connectivity index (χ0n) is 20.3. The fraction of sp³-hybridized carbons (Fsp3) is 0.862. The van der Waals surface area contributed by atoms with Crippen LogP contribution in [0.3, 0.4) is 0 Å². The molecule has 4 aliphatic carbocycles. The Hall–Kier alpha value is -0.520. The van der Waals surface area contributed by atoms with E-state index in [0.717, 1.165) is 41.4 Å². The van der Waals surface area contributed by atoms with Gasteiger partial charge in [-0.2, -0.15) is 0 Å². The van der Waals surface area contributed by atoms with Crippen molar-refractivity contribution in [3.8, 4) is 0 Å². The van der Waals surface area contributed by atoms with Gasteiger partial charge in [0.25, 0.3) is 0 Å². The van der Waals surface area contributed by atoms with Crippen LogP contribution in [0, 0.1) is 52.3 Å². The van der Waals surface area contributed by atoms with E-state index in [2.05, 4.69) is 59.8 Å². The van der Waals surface area contributed by atoms with E-state index in [4.69, 9.17) is 0 Å². The Kier molecular flexibility index (Phi) is 6.14. The van der Waals surface area contributed by atoms with Crippen LogP contribution >= 0.6 is 0 Å². The Labute approximate surface area is 182 Å². The maximum absolute atomic E-state index is 2.73. The highest BCUT2D eigenvalue weighted by Crippen LogP contribution is 2.67. The second-order valence-corrected chi connectivity index (χ2v) is 12.3. The number of hydrogen-bond acceptors (Lipinski definition) is 0. The van der Waals surface area contributed by atoms with Crippen LogP contribution in [-0.4, -0.2) is 0 Å². The molecule has 0 aromatic heterocycles. The van der Waals surface area contributed by atoms with E-state index in [1.807, 2.05) is 5.57 Å². The highest BCUT2D eigenvalue weighted by Gasteiger charge is 2.58. The molecule has 29 heavy (non-hydrogen) atoms. The van der Waals surface area contributed by atoms with E-state index >= 15 is 0 Å². The van der Waals surface area contributed by atoms with Crippen molar-refractivity contribution in [1.29, 1.82) is 0 Å². The van der Waals surface area contributed by atoms with E-state index in [1.54, 1.807) is 0 Å². The van der Waals surface area contributed by atoms with Gasteiger partial charge in [0.1, 0.15) is 0 Å². The zero-order chi connectivity index (χ0) is 20.8. The summed E-state index contributed by atoms with van der Waals surface area (Å²) in [4.78, 5) is 0. The molecule has 4 aliphatic rings. The van der Waals surface area contributed by atoms with Gasteiger partial charge in [0.15, 0.2) is 0 Å². The number of fused-ring (bicyclic) bond motifs is 5. The molecule has 0 heterocycles. The average Bonchev–Trinajstić information content (AvgIpc) is 3.05. The molecule has 7 unspecified atom stereocenters. The molecule has 0 N–H and O–H groups in total. The molecule has 0 saturated heterocycles. The Morgan fingerprint density at radius 2 is 1.79 bits per heavy atom. The van der Waals surface area contributed by atoms with Crippen LogP contribution in [0.4, 0.5) is 0 Å². The van der Waals surface area contributed by atoms with Gasteiger partial charge in [0, 0.05) is 0 Å². The summed E-state index contributed by atoms with van der Waals surface area (Å²) in [5.74, 6) is 6.10. The molecule has 0 aliphatic heterocycles. The molecule has 0 radical (unpaired) electrons. The molecular weight excluding hydrogens is 348 g/mol. The number of hydrogen-bond donors (Lipinski definition) is 0. The molecule has 0 heteroatoms. The van der Waals surface area contributed by atoms with Crippen molar-refractivity contribution in [1.82, 2.24) is 0 Å². The van der Waals surface area contributed by atoms with E-state index in [-0.39, 0.29) is 0 Å². The number of rotatable bonds is 5. The number of allylic oxidation sites excluding steroid dienone is 4. The van der Waals surface area contributed by atoms with Crippen molar-refractivity contribution in [3.05, 3.63) is 23.8 Å². The first-order chi connectivity index (χ1) is 13.8. The van der Waals surface area contributed by atoms with E-state index in [0.29, 0.717) is 10.8 Å². The first kappa shape index (κ1) is 21.7. The average molecular weight is 397 g/mol. The first-order valence-electron chi connectivity index (χ1n) is 13.2. The van der Waals surface area contributed by atoms with Crippen LogP contribution in [0.25, 0.3) is 0 Å². The largest absolute Gasteiger partial charge is 0.0851 e. The lowest BCUT2D eigenvalue weighted by Crippen LogP contribution is -2.49. The third-order valence-electron chi connectivity index (χ3n) is 10.7. The van der Waals surface area contributed by atoms with Crippen molar-refractivity contribution in [2.75, 3.05) is 0 Å². The van der Waals surface area contributed by atoms with Gasteiger partial charge in [-0.1, -0.05) is 71.8 Å². The molecule has 0 spiro atoms. The highest BCUT2D eigenvalue weighted by molar-refractivity contribution is 5.24. The van der Waals surface area contributed by atoms with Gasteiger partial charge in [-0.15, -0.1) is 0 Å². The molecular formula is C29H48. The normalized spacial score (nSPS) is 44.2. The van der Waals surface area contributed by atoms with E-state index in [1.165, 1.54) is 64.2 Å². The third kappa shape index (κ3) is 3.59. The van der Waals surface area contributed by atoms with E-state index < -0.39 is 0 Å². The summed E-state index contributed by atoms with van der Waals surface area (Å²) in [6.45, 7) is 15.0. The maximum Gasteiger partial charge on any atom is -0.00853 e. The van der Waals surface area contributed by atoms with Gasteiger partial charge in [-0.25, -0.2) is 0 Å². The summed E-state index contributed by atoms with van der Waals surface area (Å²) in [6.07, 6.45) is 22.4. The monoisotopic (exact) mass is 396 g/mol. The predicted molar refractivity (Wildman–Crippen MR) is 127 cm³/mol. The molecule has 164 valence electrons. The Morgan fingerprint density at radius 3 is 2.52 bits per heavy atom. The van der Waals surface area contributed by atoms with Crippen LogP contribution in [-0.2, 0) is 0 Å². The highest BCUT2D eigenvalue weighted by atomic mass is 14.6. The summed E-state index contributed by atoms with van der Waals surface area (Å²) < 4.78 is 0. The van der Waals surface area contributed by atoms with Gasteiger partial charge >= 0.3 is 0 Å². The molecule has 3 saturated carbocycles. The SMILES string of the molecule is CCC(/C=C/[C@@H](C)C1CCC2C3CC=C4CCCCC4(C)C3CCC21C)C(C)C. The Morgan fingerprint density at radius 1 is 1.00 bits per heavy atom. The molecule has 0 aromatic rings. The fourth-order valence-electron chi connectivity index (χ4n) is 8.88. The van der Waals surface area contributed by atoms with E-state index in [9.17, 15) is 0 Å². The Bertz CT molecular complexity index is 638. The minimum Gasteiger partial charge on any atom is -0.0851 e. The predicted octanol–water partition coefficient (Wildman–Crippen LogP) is 8.83. The summed E-state index contributed by atoms with van der Waals surface area (Å²) in [6, 6.07) is 0. The van der Waals surface area contributed by atoms with Crippen molar-refractivity contribution in [2.45, 2.75) is 106 Å². The molecule has 8 atom stereocenters. The maximum atomic E-state index is 2.73. The minimum atomic E-state index is 0.553. The minimum absolute atomic E-state index is 0.553. The van der Waals surface area contributed by atoms with Crippen LogP contribution in [0.1, 0.15) is 106 Å². The van der Waals surface area contributed by atoms with Gasteiger partial charge in [-0.05, 0) is 110 Å². The third-order valence-corrected chi connectivity index (χ3v) is 10.7. The lowest BCUT2D eigenvalue weighted by atomic mass is 9.47. The summed E-state index contributed by atoms with van der Waals surface area (Å²) in [7, 11) is 0. The zero-order valence-corrected chi connectivity index (χ0v) is 20.3. The quantitative estimate of drug-likeness (QED) is 0.407. The van der Waals surface area contributed by atoms with Crippen molar-refractivity contribution in [2.24, 2.45) is 52.3 Å². The molecule has 0 aromatic carbocycles. The molecule has 0 amide bonds. The second kappa shape index (κ2) is 8.20. The topological polar surface area (TPSA) is 0 Å². The first-order valence-corrected chi connectivity index (χ1v) is 13.2. The summed E-state index contributed by atoms with van der Waals surface area (Å²) in [5.41, 5.74) is 3.00. The lowest BCUT2D eigenvalue weighted by Gasteiger charge is -2.58. The van der Waals surface area contributed by atoms with Crippen LogP contribution in [0.2, 0.25) is 0 Å². The smallest absolute Gasteiger partial charge is 0.00853 e.